The Morgan fingerprint density at radius 1 is 1.09 bits per heavy atom. The second-order valence-corrected chi connectivity index (χ2v) is 7.95. The van der Waals surface area contributed by atoms with Gasteiger partial charge in [-0.25, -0.2) is 9.50 Å². The van der Waals surface area contributed by atoms with Gasteiger partial charge in [-0.15, -0.1) is 0 Å². The third kappa shape index (κ3) is 4.64. The van der Waals surface area contributed by atoms with Gasteiger partial charge in [-0.1, -0.05) is 0 Å². The van der Waals surface area contributed by atoms with Gasteiger partial charge >= 0.3 is 6.18 Å². The lowest BCUT2D eigenvalue weighted by atomic mass is 10.1. The number of imidazole rings is 1. The number of nitrogens with one attached hydrogen (secondary N) is 1. The van der Waals surface area contributed by atoms with E-state index in [-0.39, 0.29) is 5.69 Å². The third-order valence-corrected chi connectivity index (χ3v) is 5.63. The molecule has 0 unspecified atom stereocenters. The van der Waals surface area contributed by atoms with Crippen molar-refractivity contribution in [3.05, 3.63) is 66.0 Å². The van der Waals surface area contributed by atoms with Crippen LogP contribution in [-0.4, -0.2) is 56.8 Å². The van der Waals surface area contributed by atoms with E-state index in [0.29, 0.717) is 60.7 Å². The Hall–Kier alpha value is -4.06. The lowest BCUT2D eigenvalue weighted by molar-refractivity contribution is -0.137. The van der Waals surface area contributed by atoms with Crippen LogP contribution in [0.25, 0.3) is 16.9 Å². The fourth-order valence-corrected chi connectivity index (χ4v) is 3.86. The molecule has 5 rings (SSSR count). The van der Waals surface area contributed by atoms with Crippen LogP contribution in [-0.2, 0) is 10.9 Å². The lowest BCUT2D eigenvalue weighted by Crippen LogP contribution is -2.36. The molecule has 1 amide bonds. The number of fused-ring (bicyclic) bond motifs is 1. The van der Waals surface area contributed by atoms with E-state index in [1.54, 1.807) is 23.0 Å². The van der Waals surface area contributed by atoms with Crippen LogP contribution in [0.5, 0.6) is 0 Å². The van der Waals surface area contributed by atoms with E-state index < -0.39 is 17.6 Å². The molecule has 4 aromatic rings. The molecule has 12 heteroatoms. The summed E-state index contributed by atoms with van der Waals surface area (Å²) >= 11 is 0. The maximum atomic E-state index is 13.0. The van der Waals surface area contributed by atoms with Crippen molar-refractivity contribution in [1.29, 1.82) is 0 Å². The number of morpholine rings is 1. The number of hydrogen-bond donors (Lipinski definition) is 1. The average Bonchev–Trinajstić information content (AvgIpc) is 3.33. The SMILES string of the molecule is Cc1ncc(NC(=O)c2cc(C(F)(F)F)ccn2)cc1-c1cc(N2CCOCC2)c2nccn2n1. The van der Waals surface area contributed by atoms with Crippen molar-refractivity contribution >= 4 is 22.9 Å². The van der Waals surface area contributed by atoms with Crippen LogP contribution in [0.2, 0.25) is 0 Å². The van der Waals surface area contributed by atoms with E-state index in [4.69, 9.17) is 4.74 Å². The number of anilines is 2. The van der Waals surface area contributed by atoms with Gasteiger partial charge in [-0.3, -0.25) is 14.8 Å². The molecule has 35 heavy (non-hydrogen) atoms. The quantitative estimate of drug-likeness (QED) is 0.474. The fraction of sp³-hybridized carbons (Fsp3) is 0.261. The van der Waals surface area contributed by atoms with Crippen molar-refractivity contribution in [3.8, 4) is 11.3 Å². The largest absolute Gasteiger partial charge is 0.416 e. The summed E-state index contributed by atoms with van der Waals surface area (Å²) in [4.78, 5) is 27.3. The molecule has 5 heterocycles. The molecule has 1 fully saturated rings. The van der Waals surface area contributed by atoms with Crippen molar-refractivity contribution < 1.29 is 22.7 Å². The Morgan fingerprint density at radius 2 is 1.89 bits per heavy atom. The highest BCUT2D eigenvalue weighted by atomic mass is 19.4. The molecule has 4 aromatic heterocycles. The number of ether oxygens (including phenoxy) is 1. The van der Waals surface area contributed by atoms with Crippen LogP contribution in [0.4, 0.5) is 24.5 Å². The van der Waals surface area contributed by atoms with Crippen LogP contribution in [0.1, 0.15) is 21.7 Å². The number of nitrogens with zero attached hydrogens (tertiary/aromatic N) is 6. The molecule has 0 atom stereocenters. The van der Waals surface area contributed by atoms with E-state index in [1.165, 1.54) is 6.20 Å². The molecule has 0 radical (unpaired) electrons. The Bertz CT molecular complexity index is 1400. The van der Waals surface area contributed by atoms with Crippen molar-refractivity contribution in [2.24, 2.45) is 0 Å². The van der Waals surface area contributed by atoms with Gasteiger partial charge in [0, 0.05) is 42.9 Å². The molecule has 0 saturated carbocycles. The molecular weight excluding hydrogens is 463 g/mol. The number of hydrogen-bond acceptors (Lipinski definition) is 7. The number of pyridine rings is 2. The number of aryl methyl sites for hydroxylation is 1. The molecule has 180 valence electrons. The lowest BCUT2D eigenvalue weighted by Gasteiger charge is -2.29. The van der Waals surface area contributed by atoms with Crippen molar-refractivity contribution in [2.45, 2.75) is 13.1 Å². The molecule has 0 aromatic carbocycles. The Balaban J connectivity index is 1.48. The van der Waals surface area contributed by atoms with Crippen LogP contribution in [0, 0.1) is 6.92 Å². The number of rotatable bonds is 4. The Kier molecular flexibility index (Phi) is 5.81. The number of alkyl halides is 3. The third-order valence-electron chi connectivity index (χ3n) is 5.63. The Labute approximate surface area is 197 Å². The van der Waals surface area contributed by atoms with Crippen LogP contribution >= 0.6 is 0 Å². The summed E-state index contributed by atoms with van der Waals surface area (Å²) in [5.74, 6) is -0.778. The van der Waals surface area contributed by atoms with Gasteiger partial charge in [0.1, 0.15) is 5.69 Å². The number of halogens is 3. The molecule has 1 saturated heterocycles. The first-order valence-electron chi connectivity index (χ1n) is 10.8. The van der Waals surface area contributed by atoms with E-state index in [1.807, 2.05) is 13.0 Å². The van der Waals surface area contributed by atoms with E-state index >= 15 is 0 Å². The summed E-state index contributed by atoms with van der Waals surface area (Å²) in [5.41, 5.74) is 2.53. The second kappa shape index (κ2) is 8.95. The molecule has 0 spiro atoms. The number of carbonyl (C=O) groups is 1. The predicted molar refractivity (Wildman–Crippen MR) is 121 cm³/mol. The molecule has 1 aliphatic rings. The highest BCUT2D eigenvalue weighted by Gasteiger charge is 2.31. The summed E-state index contributed by atoms with van der Waals surface area (Å²) in [6.45, 7) is 4.45. The molecule has 0 aliphatic carbocycles. The highest BCUT2D eigenvalue weighted by Crippen LogP contribution is 2.31. The summed E-state index contributed by atoms with van der Waals surface area (Å²) in [7, 11) is 0. The monoisotopic (exact) mass is 483 g/mol. The zero-order valence-electron chi connectivity index (χ0n) is 18.6. The summed E-state index contributed by atoms with van der Waals surface area (Å²) < 4.78 is 46.2. The topological polar surface area (TPSA) is 97.5 Å². The number of amides is 1. The minimum atomic E-state index is -4.58. The normalized spacial score (nSPS) is 14.3. The highest BCUT2D eigenvalue weighted by molar-refractivity contribution is 6.03. The molecule has 1 aliphatic heterocycles. The zero-order chi connectivity index (χ0) is 24.6. The van der Waals surface area contributed by atoms with Crippen molar-refractivity contribution in [3.63, 3.8) is 0 Å². The maximum Gasteiger partial charge on any atom is 0.416 e. The summed E-state index contributed by atoms with van der Waals surface area (Å²) in [6.07, 6.45) is 1.22. The second-order valence-electron chi connectivity index (χ2n) is 7.95. The summed E-state index contributed by atoms with van der Waals surface area (Å²) in [6, 6.07) is 5.12. The van der Waals surface area contributed by atoms with E-state index in [2.05, 4.69) is 30.3 Å². The van der Waals surface area contributed by atoms with Gasteiger partial charge in [-0.2, -0.15) is 18.3 Å². The Morgan fingerprint density at radius 3 is 2.66 bits per heavy atom. The molecule has 1 N–H and O–H groups in total. The first kappa shape index (κ1) is 22.7. The predicted octanol–water partition coefficient (Wildman–Crippen LogP) is 3.60. The van der Waals surface area contributed by atoms with E-state index in [9.17, 15) is 18.0 Å². The first-order valence-corrected chi connectivity index (χ1v) is 10.8. The minimum absolute atomic E-state index is 0.301. The van der Waals surface area contributed by atoms with Gasteiger partial charge in [-0.05, 0) is 31.2 Å². The smallest absolute Gasteiger partial charge is 0.378 e. The standard InChI is InChI=1S/C23H20F3N7O2/c1-14-17(18-12-20(32-6-8-35-9-7-32)21-28-4-5-33(21)31-18)11-16(13-29-14)30-22(34)19-10-15(2-3-27-19)23(24,25)26/h2-5,10-13H,6-9H2,1H3,(H,30,34). The van der Waals surface area contributed by atoms with Gasteiger partial charge in [0.25, 0.3) is 5.91 Å². The average molecular weight is 483 g/mol. The van der Waals surface area contributed by atoms with Gasteiger partial charge < -0.3 is 15.0 Å². The van der Waals surface area contributed by atoms with Crippen molar-refractivity contribution in [2.75, 3.05) is 36.5 Å². The number of aromatic nitrogens is 5. The van der Waals surface area contributed by atoms with Crippen LogP contribution < -0.4 is 10.2 Å². The number of carbonyl (C=O) groups excluding carboxylic acids is 1. The first-order chi connectivity index (χ1) is 16.8. The van der Waals surface area contributed by atoms with Gasteiger partial charge in [0.2, 0.25) is 0 Å². The zero-order valence-corrected chi connectivity index (χ0v) is 18.6. The van der Waals surface area contributed by atoms with Crippen molar-refractivity contribution in [1.82, 2.24) is 24.6 Å². The van der Waals surface area contributed by atoms with Crippen LogP contribution in [0.15, 0.2) is 49.1 Å². The minimum Gasteiger partial charge on any atom is -0.378 e. The van der Waals surface area contributed by atoms with E-state index in [0.717, 1.165) is 18.0 Å². The van der Waals surface area contributed by atoms with Gasteiger partial charge in [0.05, 0.1) is 42.0 Å². The van der Waals surface area contributed by atoms with Crippen LogP contribution in [0.3, 0.4) is 0 Å². The summed E-state index contributed by atoms with van der Waals surface area (Å²) in [5, 5.41) is 7.22. The molecule has 0 bridgehead atoms. The fourth-order valence-electron chi connectivity index (χ4n) is 3.86. The van der Waals surface area contributed by atoms with Gasteiger partial charge in [0.15, 0.2) is 5.65 Å². The maximum absolute atomic E-state index is 13.0. The molecular formula is C23H20F3N7O2. The molecule has 9 nitrogen and oxygen atoms in total.